The zero-order valence-corrected chi connectivity index (χ0v) is 38.9. The van der Waals surface area contributed by atoms with Crippen molar-refractivity contribution < 1.29 is 28.6 Å². The lowest BCUT2D eigenvalue weighted by atomic mass is 9.90. The molecule has 0 bridgehead atoms. The van der Waals surface area contributed by atoms with Crippen LogP contribution >= 0.6 is 0 Å². The summed E-state index contributed by atoms with van der Waals surface area (Å²) < 4.78 is 17.7. The van der Waals surface area contributed by atoms with E-state index in [2.05, 4.69) is 88.4 Å². The maximum absolute atomic E-state index is 12.9. The largest absolute Gasteiger partial charge is 0.380 e. The highest BCUT2D eigenvalue weighted by molar-refractivity contribution is 5.87. The van der Waals surface area contributed by atoms with E-state index in [-0.39, 0.29) is 34.3 Å². The molecule has 1 aromatic rings. The van der Waals surface area contributed by atoms with E-state index in [9.17, 15) is 14.4 Å². The van der Waals surface area contributed by atoms with E-state index >= 15 is 0 Å². The average molecular weight is 847 g/mol. The molecule has 3 aliphatic heterocycles. The number of ether oxygens (including phenoxy) is 3. The van der Waals surface area contributed by atoms with Gasteiger partial charge in [-0.1, -0.05) is 0 Å². The summed E-state index contributed by atoms with van der Waals surface area (Å²) in [5, 5.41) is 20.2. The second-order valence-electron chi connectivity index (χ2n) is 20.1. The van der Waals surface area contributed by atoms with Gasteiger partial charge in [0.05, 0.1) is 36.4 Å². The van der Waals surface area contributed by atoms with Gasteiger partial charge >= 0.3 is 0 Å². The van der Waals surface area contributed by atoms with Crippen LogP contribution in [0.2, 0.25) is 0 Å². The number of nitrogens with one attached hydrogen (secondary N) is 6. The monoisotopic (exact) mass is 847 g/mol. The normalized spacial score (nSPS) is 21.6. The van der Waals surface area contributed by atoms with Gasteiger partial charge in [0.25, 0.3) is 0 Å². The molecular weight excluding hydrogens is 769 g/mol. The fourth-order valence-corrected chi connectivity index (χ4v) is 8.76. The fourth-order valence-electron chi connectivity index (χ4n) is 8.76. The summed E-state index contributed by atoms with van der Waals surface area (Å²) in [6.45, 7) is 32.5. The third-order valence-electron chi connectivity index (χ3n) is 10.6. The van der Waals surface area contributed by atoms with E-state index in [0.29, 0.717) is 116 Å². The second-order valence-corrected chi connectivity index (χ2v) is 20.1. The molecule has 0 radical (unpaired) electrons. The molecule has 0 atom stereocenters. The maximum Gasteiger partial charge on any atom is 0.242 e. The van der Waals surface area contributed by atoms with E-state index in [1.807, 2.05) is 56.2 Å². The Morgan fingerprint density at radius 1 is 0.450 bits per heavy atom. The van der Waals surface area contributed by atoms with E-state index < -0.39 is 16.6 Å². The molecule has 342 valence electrons. The summed E-state index contributed by atoms with van der Waals surface area (Å²) in [7, 11) is 0. The van der Waals surface area contributed by atoms with Gasteiger partial charge in [0.1, 0.15) is 0 Å². The Labute approximate surface area is 359 Å². The van der Waals surface area contributed by atoms with Crippen LogP contribution in [0.25, 0.3) is 0 Å². The fraction of sp³-hybridized carbons (Fsp3) is 0.857. The van der Waals surface area contributed by atoms with Gasteiger partial charge in [0.2, 0.25) is 35.6 Å². The minimum absolute atomic E-state index is 0.0876. The topological polar surface area (TPSA) is 199 Å². The molecule has 0 aliphatic carbocycles. The van der Waals surface area contributed by atoms with Crippen LogP contribution in [0.1, 0.15) is 102 Å². The molecule has 4 rings (SSSR count). The Kier molecular flexibility index (Phi) is 16.9. The number of carbonyl (C=O) groups is 3. The number of rotatable bonds is 24. The van der Waals surface area contributed by atoms with Crippen LogP contribution in [0, 0.1) is 0 Å². The molecule has 1 aromatic heterocycles. The van der Waals surface area contributed by atoms with Crippen molar-refractivity contribution in [1.29, 1.82) is 0 Å². The third-order valence-corrected chi connectivity index (χ3v) is 10.6. The highest BCUT2D eigenvalue weighted by atomic mass is 16.5. The minimum atomic E-state index is -0.605. The predicted octanol–water partition coefficient (Wildman–Crippen LogP) is 2.29. The molecule has 3 saturated heterocycles. The van der Waals surface area contributed by atoms with Crippen LogP contribution in [-0.4, -0.2) is 179 Å². The lowest BCUT2D eigenvalue weighted by molar-refractivity contribution is -0.145. The van der Waals surface area contributed by atoms with Crippen LogP contribution in [0.15, 0.2) is 0 Å². The smallest absolute Gasteiger partial charge is 0.242 e. The summed E-state index contributed by atoms with van der Waals surface area (Å²) >= 11 is 0. The maximum atomic E-state index is 12.9. The Bertz CT molecular complexity index is 1390. The minimum Gasteiger partial charge on any atom is -0.380 e. The first-order valence-electron chi connectivity index (χ1n) is 21.9. The molecule has 3 fully saturated rings. The molecule has 18 nitrogen and oxygen atoms in total. The molecule has 0 spiro atoms. The van der Waals surface area contributed by atoms with Crippen molar-refractivity contribution in [2.24, 2.45) is 0 Å². The number of aromatic nitrogens is 3. The molecule has 0 unspecified atom stereocenters. The van der Waals surface area contributed by atoms with Gasteiger partial charge in [-0.2, -0.15) is 15.0 Å². The first kappa shape index (κ1) is 49.2. The number of nitrogens with zero attached hydrogens (tertiary/aromatic N) is 6. The first-order valence-corrected chi connectivity index (χ1v) is 21.9. The molecule has 0 aromatic carbocycles. The summed E-state index contributed by atoms with van der Waals surface area (Å²) in [6.07, 6.45) is 2.17. The Hall–Kier alpha value is -3.42. The SMILES string of the molecule is CC1(C)CN(CCOCCCNc2nc(NCCCOCCN3CC(C)(C)NC(C)(C)C3=O)nc(NCCCOCCN3CC(C)(C)NC(C)(C)C3=O)n2)C(=O)C(C)(C)N1. The van der Waals surface area contributed by atoms with Gasteiger partial charge in [0.15, 0.2) is 0 Å². The van der Waals surface area contributed by atoms with Gasteiger partial charge in [0, 0.05) is 95.3 Å². The lowest BCUT2D eigenvalue weighted by Crippen LogP contribution is -2.69. The van der Waals surface area contributed by atoms with Crippen molar-refractivity contribution in [2.45, 2.75) is 136 Å². The quantitative estimate of drug-likeness (QED) is 0.0829. The highest BCUT2D eigenvalue weighted by Crippen LogP contribution is 2.24. The van der Waals surface area contributed by atoms with Crippen LogP contribution < -0.4 is 31.9 Å². The summed E-state index contributed by atoms with van der Waals surface area (Å²) in [5.74, 6) is 1.59. The molecule has 0 saturated carbocycles. The zero-order valence-electron chi connectivity index (χ0n) is 38.9. The van der Waals surface area contributed by atoms with Crippen LogP contribution in [0.5, 0.6) is 0 Å². The van der Waals surface area contributed by atoms with Crippen LogP contribution in [-0.2, 0) is 28.6 Å². The van der Waals surface area contributed by atoms with Crippen molar-refractivity contribution in [3.8, 4) is 0 Å². The lowest BCUT2D eigenvalue weighted by Gasteiger charge is -2.47. The number of piperazine rings is 3. The van der Waals surface area contributed by atoms with Gasteiger partial charge < -0.3 is 44.9 Å². The molecule has 18 heteroatoms. The van der Waals surface area contributed by atoms with Crippen molar-refractivity contribution in [1.82, 2.24) is 45.6 Å². The standard InChI is InChI=1S/C42H78N12O6/c1-37(2)28-52(31(55)40(7,8)49-37)19-25-58-22-13-16-43-34-46-35(44-17-14-23-59-26-20-53-29-38(3,4)50-41(9,10)32(53)56)48-36(47-34)45-18-15-24-60-27-21-54-30-39(5,6)51-42(11,12)33(54)57/h49-51H,13-30H2,1-12H3,(H3,43,44,45,46,47,48). The molecule has 6 N–H and O–H groups in total. The van der Waals surface area contributed by atoms with E-state index in [4.69, 9.17) is 14.2 Å². The van der Waals surface area contributed by atoms with E-state index in [1.165, 1.54) is 0 Å². The molecule has 4 heterocycles. The van der Waals surface area contributed by atoms with Crippen LogP contribution in [0.4, 0.5) is 17.8 Å². The van der Waals surface area contributed by atoms with Gasteiger partial charge in [-0.3, -0.25) is 30.3 Å². The molecular formula is C42H78N12O6. The van der Waals surface area contributed by atoms with E-state index in [1.54, 1.807) is 0 Å². The van der Waals surface area contributed by atoms with Crippen molar-refractivity contribution in [2.75, 3.05) is 114 Å². The third kappa shape index (κ3) is 15.2. The molecule has 60 heavy (non-hydrogen) atoms. The van der Waals surface area contributed by atoms with Gasteiger partial charge in [-0.15, -0.1) is 0 Å². The number of hydrogen-bond acceptors (Lipinski definition) is 15. The Morgan fingerprint density at radius 3 is 0.950 bits per heavy atom. The van der Waals surface area contributed by atoms with Crippen LogP contribution in [0.3, 0.4) is 0 Å². The predicted molar refractivity (Wildman–Crippen MR) is 235 cm³/mol. The van der Waals surface area contributed by atoms with Gasteiger partial charge in [-0.25, -0.2) is 0 Å². The van der Waals surface area contributed by atoms with E-state index in [0.717, 1.165) is 19.3 Å². The molecule has 3 amide bonds. The highest BCUT2D eigenvalue weighted by Gasteiger charge is 2.45. The number of amides is 3. The average Bonchev–Trinajstić information content (AvgIpc) is 3.11. The molecule has 3 aliphatic rings. The second kappa shape index (κ2) is 20.6. The van der Waals surface area contributed by atoms with Gasteiger partial charge in [-0.05, 0) is 102 Å². The summed E-state index contributed by atoms with van der Waals surface area (Å²) in [5.41, 5.74) is -2.31. The number of anilines is 3. The Balaban J connectivity index is 1.20. The number of carbonyl (C=O) groups excluding carboxylic acids is 3. The summed E-state index contributed by atoms with van der Waals surface area (Å²) in [6, 6.07) is 0. The van der Waals surface area contributed by atoms with Crippen molar-refractivity contribution in [3.63, 3.8) is 0 Å². The Morgan fingerprint density at radius 2 is 0.700 bits per heavy atom. The first-order chi connectivity index (χ1) is 27.9. The van der Waals surface area contributed by atoms with Crippen molar-refractivity contribution >= 4 is 35.6 Å². The number of hydrogen-bond donors (Lipinski definition) is 6. The summed E-state index contributed by atoms with van der Waals surface area (Å²) in [4.78, 5) is 58.1. The zero-order chi connectivity index (χ0) is 44.4. The van der Waals surface area contributed by atoms with Crippen molar-refractivity contribution in [3.05, 3.63) is 0 Å².